The monoisotopic (exact) mass is 489 g/mol. The predicted molar refractivity (Wildman–Crippen MR) is 121 cm³/mol. The molecule has 0 aliphatic carbocycles. The lowest BCUT2D eigenvalue weighted by atomic mass is 10.1. The third kappa shape index (κ3) is 4.88. The molecule has 0 radical (unpaired) electrons. The van der Waals surface area contributed by atoms with Gasteiger partial charge in [-0.05, 0) is 37.6 Å². The maximum atomic E-state index is 13.9. The second kappa shape index (κ2) is 9.63. The molecule has 2 aromatic carbocycles. The molecule has 0 spiro atoms. The van der Waals surface area contributed by atoms with E-state index in [0.29, 0.717) is 5.56 Å². The molecule has 0 unspecified atom stereocenters. The number of hydrogen-bond acceptors (Lipinski definition) is 5. The summed E-state index contributed by atoms with van der Waals surface area (Å²) >= 11 is 0. The largest absolute Gasteiger partial charge is 0.441 e. The summed E-state index contributed by atoms with van der Waals surface area (Å²) in [5, 5.41) is 0. The van der Waals surface area contributed by atoms with Crippen molar-refractivity contribution in [2.45, 2.75) is 31.6 Å². The van der Waals surface area contributed by atoms with Gasteiger partial charge >= 0.3 is 0 Å². The van der Waals surface area contributed by atoms with Crippen LogP contribution in [0.2, 0.25) is 0 Å². The third-order valence-electron chi connectivity index (χ3n) is 5.86. The molecule has 4 rings (SSSR count). The molecule has 3 aromatic rings. The molecule has 7 nitrogen and oxygen atoms in total. The van der Waals surface area contributed by atoms with Crippen LogP contribution in [-0.2, 0) is 21.2 Å². The van der Waals surface area contributed by atoms with E-state index in [0.717, 1.165) is 17.7 Å². The van der Waals surface area contributed by atoms with Crippen molar-refractivity contribution in [2.75, 3.05) is 26.2 Å². The number of amides is 1. The van der Waals surface area contributed by atoms with Gasteiger partial charge in [0.05, 0.1) is 16.7 Å². The molecule has 34 heavy (non-hydrogen) atoms. The first-order valence-corrected chi connectivity index (χ1v) is 12.3. The summed E-state index contributed by atoms with van der Waals surface area (Å²) in [6.45, 7) is 4.65. The molecule has 0 saturated carbocycles. The molecule has 180 valence electrons. The third-order valence-corrected chi connectivity index (χ3v) is 7.91. The lowest BCUT2D eigenvalue weighted by Crippen LogP contribution is -2.50. The first-order valence-electron chi connectivity index (χ1n) is 10.9. The van der Waals surface area contributed by atoms with Crippen LogP contribution in [0.3, 0.4) is 0 Å². The standard InChI is InChI=1S/C24H25F2N3O4S/c1-16-6-7-21(17(2)14-16)34(31,32)29-12-10-28(11-13-29)23(30)9-8-22-27-15-20(33-22)24-18(25)4-3-5-19(24)26/h3-7,14-15H,8-13H2,1-2H3. The van der Waals surface area contributed by atoms with E-state index in [9.17, 15) is 22.0 Å². The van der Waals surface area contributed by atoms with E-state index < -0.39 is 21.7 Å². The van der Waals surface area contributed by atoms with E-state index in [4.69, 9.17) is 4.42 Å². The lowest BCUT2D eigenvalue weighted by molar-refractivity contribution is -0.132. The first kappa shape index (κ1) is 24.0. The summed E-state index contributed by atoms with van der Waals surface area (Å²) in [5.41, 5.74) is 1.39. The second-order valence-electron chi connectivity index (χ2n) is 8.27. The first-order chi connectivity index (χ1) is 16.2. The molecule has 0 atom stereocenters. The maximum Gasteiger partial charge on any atom is 0.243 e. The van der Waals surface area contributed by atoms with Gasteiger partial charge in [-0.25, -0.2) is 22.2 Å². The van der Waals surface area contributed by atoms with Crippen LogP contribution in [0.5, 0.6) is 0 Å². The highest BCUT2D eigenvalue weighted by Gasteiger charge is 2.31. The van der Waals surface area contributed by atoms with Crippen LogP contribution < -0.4 is 0 Å². The van der Waals surface area contributed by atoms with Gasteiger partial charge < -0.3 is 9.32 Å². The molecule has 2 heterocycles. The molecule has 0 N–H and O–H groups in total. The summed E-state index contributed by atoms with van der Waals surface area (Å²) in [6, 6.07) is 8.75. The number of sulfonamides is 1. The minimum absolute atomic E-state index is 0.0386. The number of carbonyl (C=O) groups excluding carboxylic acids is 1. The van der Waals surface area contributed by atoms with Crippen LogP contribution in [0.1, 0.15) is 23.4 Å². The molecule has 1 fully saturated rings. The SMILES string of the molecule is Cc1ccc(S(=O)(=O)N2CCN(C(=O)CCc3ncc(-c4c(F)cccc4F)o3)CC2)c(C)c1. The lowest BCUT2D eigenvalue weighted by Gasteiger charge is -2.34. The van der Waals surface area contributed by atoms with E-state index in [1.807, 2.05) is 13.0 Å². The smallest absolute Gasteiger partial charge is 0.243 e. The number of aryl methyl sites for hydroxylation is 3. The van der Waals surface area contributed by atoms with Crippen LogP contribution in [0.15, 0.2) is 51.9 Å². The van der Waals surface area contributed by atoms with Crippen molar-refractivity contribution in [2.24, 2.45) is 0 Å². The predicted octanol–water partition coefficient (Wildman–Crippen LogP) is 3.70. The van der Waals surface area contributed by atoms with E-state index in [2.05, 4.69) is 4.98 Å². The van der Waals surface area contributed by atoms with Crippen LogP contribution in [0, 0.1) is 25.5 Å². The summed E-state index contributed by atoms with van der Waals surface area (Å²) in [6.07, 6.45) is 1.48. The Labute approximate surface area is 197 Å². The summed E-state index contributed by atoms with van der Waals surface area (Å²) in [7, 11) is -3.64. The van der Waals surface area contributed by atoms with Crippen molar-refractivity contribution in [1.29, 1.82) is 0 Å². The number of carbonyl (C=O) groups is 1. The molecular weight excluding hydrogens is 464 g/mol. The Bertz CT molecular complexity index is 1300. The van der Waals surface area contributed by atoms with Crippen molar-refractivity contribution >= 4 is 15.9 Å². The highest BCUT2D eigenvalue weighted by molar-refractivity contribution is 7.89. The number of benzene rings is 2. The van der Waals surface area contributed by atoms with Gasteiger partial charge in [-0.15, -0.1) is 0 Å². The zero-order chi connectivity index (χ0) is 24.5. The van der Waals surface area contributed by atoms with Gasteiger partial charge in [-0.3, -0.25) is 4.79 Å². The Morgan fingerprint density at radius 1 is 1.06 bits per heavy atom. The Balaban J connectivity index is 1.34. The van der Waals surface area contributed by atoms with Crippen molar-refractivity contribution in [3.63, 3.8) is 0 Å². The van der Waals surface area contributed by atoms with E-state index in [1.54, 1.807) is 24.0 Å². The van der Waals surface area contributed by atoms with Gasteiger partial charge in [-0.2, -0.15) is 4.31 Å². The van der Waals surface area contributed by atoms with E-state index in [1.165, 1.54) is 16.6 Å². The van der Waals surface area contributed by atoms with Crippen LogP contribution in [0.25, 0.3) is 11.3 Å². The summed E-state index contributed by atoms with van der Waals surface area (Å²) < 4.78 is 60.8. The number of oxazole rings is 1. The number of nitrogens with zero attached hydrogens (tertiary/aromatic N) is 3. The highest BCUT2D eigenvalue weighted by Crippen LogP contribution is 2.27. The van der Waals surface area contributed by atoms with E-state index in [-0.39, 0.29) is 67.0 Å². The normalized spacial score (nSPS) is 15.0. The minimum Gasteiger partial charge on any atom is -0.441 e. The summed E-state index contributed by atoms with van der Waals surface area (Å²) in [5.74, 6) is -1.52. The van der Waals surface area contributed by atoms with Crippen molar-refractivity contribution < 1.29 is 26.4 Å². The quantitative estimate of drug-likeness (QED) is 0.527. The van der Waals surface area contributed by atoms with Gasteiger partial charge in [0, 0.05) is 39.0 Å². The van der Waals surface area contributed by atoms with Crippen LogP contribution >= 0.6 is 0 Å². The van der Waals surface area contributed by atoms with Gasteiger partial charge in [0.25, 0.3) is 0 Å². The Morgan fingerprint density at radius 3 is 2.38 bits per heavy atom. The zero-order valence-corrected chi connectivity index (χ0v) is 19.7. The zero-order valence-electron chi connectivity index (χ0n) is 18.9. The van der Waals surface area contributed by atoms with Crippen molar-refractivity contribution in [3.8, 4) is 11.3 Å². The fourth-order valence-corrected chi connectivity index (χ4v) is 5.68. The molecule has 1 aliphatic heterocycles. The highest BCUT2D eigenvalue weighted by atomic mass is 32.2. The average Bonchev–Trinajstić information content (AvgIpc) is 3.25. The fraction of sp³-hybridized carbons (Fsp3) is 0.333. The van der Waals surface area contributed by atoms with E-state index >= 15 is 0 Å². The molecule has 1 amide bonds. The molecular formula is C24H25F2N3O4S. The topological polar surface area (TPSA) is 83.7 Å². The minimum atomic E-state index is -3.64. The molecule has 1 aromatic heterocycles. The van der Waals surface area contributed by atoms with Gasteiger partial charge in [0.1, 0.15) is 11.6 Å². The Kier molecular flexibility index (Phi) is 6.81. The molecule has 10 heteroatoms. The van der Waals surface area contributed by atoms with Crippen LogP contribution in [-0.4, -0.2) is 54.7 Å². The van der Waals surface area contributed by atoms with Crippen molar-refractivity contribution in [1.82, 2.24) is 14.2 Å². The molecule has 1 saturated heterocycles. The van der Waals surface area contributed by atoms with Gasteiger partial charge in [-0.1, -0.05) is 23.8 Å². The Morgan fingerprint density at radius 2 is 1.74 bits per heavy atom. The average molecular weight is 490 g/mol. The van der Waals surface area contributed by atoms with Gasteiger partial charge in [0.2, 0.25) is 15.9 Å². The number of rotatable bonds is 6. The molecule has 0 bridgehead atoms. The Hall–Kier alpha value is -3.11. The molecule has 1 aliphatic rings. The van der Waals surface area contributed by atoms with Gasteiger partial charge in [0.15, 0.2) is 11.7 Å². The number of hydrogen-bond donors (Lipinski definition) is 0. The maximum absolute atomic E-state index is 13.9. The fourth-order valence-electron chi connectivity index (χ4n) is 4.05. The van der Waals surface area contributed by atoms with Crippen molar-refractivity contribution in [3.05, 3.63) is 71.2 Å². The number of piperazine rings is 1. The second-order valence-corrected chi connectivity index (χ2v) is 10.2. The summed E-state index contributed by atoms with van der Waals surface area (Å²) in [4.78, 5) is 18.6. The van der Waals surface area contributed by atoms with Crippen LogP contribution in [0.4, 0.5) is 8.78 Å². The number of halogens is 2. The number of aromatic nitrogens is 1.